The van der Waals surface area contributed by atoms with Crippen LogP contribution in [0.1, 0.15) is 51.9 Å². The summed E-state index contributed by atoms with van der Waals surface area (Å²) in [6.45, 7) is 2.93. The number of hydrogen-bond donors (Lipinski definition) is 1. The fourth-order valence-corrected chi connectivity index (χ4v) is 2.24. The third-order valence-corrected chi connectivity index (χ3v) is 3.27. The summed E-state index contributed by atoms with van der Waals surface area (Å²) in [6, 6.07) is 0. The van der Waals surface area contributed by atoms with Gasteiger partial charge in [-0.3, -0.25) is 4.99 Å². The van der Waals surface area contributed by atoms with E-state index in [0.717, 1.165) is 25.8 Å². The van der Waals surface area contributed by atoms with Gasteiger partial charge in [0.15, 0.2) is 0 Å². The van der Waals surface area contributed by atoms with E-state index in [1.165, 1.54) is 25.7 Å². The lowest BCUT2D eigenvalue weighted by Gasteiger charge is -2.30. The normalized spacial score (nSPS) is 22.4. The van der Waals surface area contributed by atoms with Crippen LogP contribution >= 0.6 is 0 Å². The molecule has 0 aromatic heterocycles. The van der Waals surface area contributed by atoms with E-state index >= 15 is 0 Å². The molecule has 0 aliphatic heterocycles. The van der Waals surface area contributed by atoms with E-state index in [1.54, 1.807) is 7.11 Å². The van der Waals surface area contributed by atoms with Crippen LogP contribution in [0.2, 0.25) is 0 Å². The Morgan fingerprint density at radius 3 is 2.33 bits per heavy atom. The molecule has 1 saturated carbocycles. The van der Waals surface area contributed by atoms with Crippen molar-refractivity contribution in [2.45, 2.75) is 57.5 Å². The maximum Gasteiger partial charge on any atom is 0.126 e. The Labute approximate surface area is 93.1 Å². The Morgan fingerprint density at radius 2 is 1.87 bits per heavy atom. The van der Waals surface area contributed by atoms with Crippen molar-refractivity contribution in [1.82, 2.24) is 0 Å². The van der Waals surface area contributed by atoms with Crippen molar-refractivity contribution in [3.63, 3.8) is 0 Å². The number of nitrogens with zero attached hydrogens (tertiary/aromatic N) is 1. The quantitative estimate of drug-likeness (QED) is 0.442. The predicted molar refractivity (Wildman–Crippen MR) is 64.2 cm³/mol. The van der Waals surface area contributed by atoms with E-state index in [1.807, 2.05) is 0 Å². The molecular formula is C12H24N2O. The molecule has 88 valence electrons. The highest BCUT2D eigenvalue weighted by Gasteiger charge is 2.34. The van der Waals surface area contributed by atoms with Gasteiger partial charge in [0.2, 0.25) is 0 Å². The molecule has 0 aromatic rings. The van der Waals surface area contributed by atoms with Gasteiger partial charge in [0.25, 0.3) is 0 Å². The Kier molecular flexibility index (Phi) is 5.09. The Bertz CT molecular complexity index is 206. The predicted octanol–water partition coefficient (Wildman–Crippen LogP) is 2.49. The van der Waals surface area contributed by atoms with Crippen LogP contribution in [0.3, 0.4) is 0 Å². The smallest absolute Gasteiger partial charge is 0.126 e. The summed E-state index contributed by atoms with van der Waals surface area (Å²) < 4.78 is 5.66. The minimum Gasteiger partial charge on any atom is -0.385 e. The van der Waals surface area contributed by atoms with Gasteiger partial charge in [-0.15, -0.1) is 0 Å². The van der Waals surface area contributed by atoms with Crippen LogP contribution in [0.25, 0.3) is 0 Å². The van der Waals surface area contributed by atoms with Crippen LogP contribution in [0.4, 0.5) is 0 Å². The lowest BCUT2D eigenvalue weighted by atomic mass is 9.93. The summed E-state index contributed by atoms with van der Waals surface area (Å²) in [5.41, 5.74) is 5.82. The van der Waals surface area contributed by atoms with Gasteiger partial charge in [-0.2, -0.15) is 0 Å². The zero-order valence-electron chi connectivity index (χ0n) is 10.1. The van der Waals surface area contributed by atoms with Crippen molar-refractivity contribution in [2.24, 2.45) is 10.7 Å². The molecule has 0 atom stereocenters. The number of nitrogens with two attached hydrogens (primary N) is 1. The lowest BCUT2D eigenvalue weighted by molar-refractivity contribution is 0.0360. The standard InChI is InChI=1S/C12H24N2O/c1-3-10-14-11(13)12(15-2)8-6-4-5-7-9-12/h3-10H2,1-2H3,(H2,13,14). The molecule has 3 heteroatoms. The van der Waals surface area contributed by atoms with Gasteiger partial charge in [-0.05, 0) is 19.3 Å². The van der Waals surface area contributed by atoms with E-state index in [4.69, 9.17) is 10.5 Å². The van der Waals surface area contributed by atoms with Crippen LogP contribution in [-0.2, 0) is 4.74 Å². The molecule has 0 saturated heterocycles. The highest BCUT2D eigenvalue weighted by atomic mass is 16.5. The van der Waals surface area contributed by atoms with Crippen molar-refractivity contribution < 1.29 is 4.74 Å². The molecule has 0 amide bonds. The zero-order chi connectivity index (χ0) is 11.1. The Morgan fingerprint density at radius 1 is 1.27 bits per heavy atom. The van der Waals surface area contributed by atoms with Gasteiger partial charge in [-0.25, -0.2) is 0 Å². The van der Waals surface area contributed by atoms with E-state index < -0.39 is 0 Å². The van der Waals surface area contributed by atoms with Gasteiger partial charge in [-0.1, -0.05) is 32.6 Å². The second-order valence-corrected chi connectivity index (χ2v) is 4.38. The van der Waals surface area contributed by atoms with Gasteiger partial charge in [0.05, 0.1) is 0 Å². The average Bonchev–Trinajstić information content (AvgIpc) is 2.52. The van der Waals surface area contributed by atoms with Gasteiger partial charge >= 0.3 is 0 Å². The molecule has 1 fully saturated rings. The molecule has 2 N–H and O–H groups in total. The molecule has 1 aliphatic rings. The first-order valence-corrected chi connectivity index (χ1v) is 6.11. The number of rotatable bonds is 4. The van der Waals surface area contributed by atoms with Crippen LogP contribution in [-0.4, -0.2) is 25.1 Å². The van der Waals surface area contributed by atoms with E-state index in [2.05, 4.69) is 11.9 Å². The van der Waals surface area contributed by atoms with E-state index in [0.29, 0.717) is 5.84 Å². The highest BCUT2D eigenvalue weighted by molar-refractivity contribution is 5.89. The van der Waals surface area contributed by atoms with Gasteiger partial charge in [0, 0.05) is 13.7 Å². The van der Waals surface area contributed by atoms with Gasteiger partial charge in [0.1, 0.15) is 11.4 Å². The van der Waals surface area contributed by atoms with Crippen LogP contribution in [0, 0.1) is 0 Å². The second-order valence-electron chi connectivity index (χ2n) is 4.38. The fourth-order valence-electron chi connectivity index (χ4n) is 2.24. The maximum absolute atomic E-state index is 6.07. The van der Waals surface area contributed by atoms with Crippen molar-refractivity contribution in [1.29, 1.82) is 0 Å². The minimum absolute atomic E-state index is 0.258. The van der Waals surface area contributed by atoms with Crippen molar-refractivity contribution in [3.05, 3.63) is 0 Å². The molecule has 0 radical (unpaired) electrons. The van der Waals surface area contributed by atoms with Crippen molar-refractivity contribution in [3.8, 4) is 0 Å². The third-order valence-electron chi connectivity index (χ3n) is 3.27. The first-order chi connectivity index (χ1) is 7.25. The number of ether oxygens (including phenoxy) is 1. The molecule has 0 spiro atoms. The Balaban J connectivity index is 2.71. The largest absolute Gasteiger partial charge is 0.385 e. The fraction of sp³-hybridized carbons (Fsp3) is 0.917. The summed E-state index contributed by atoms with van der Waals surface area (Å²) in [5, 5.41) is 0. The number of hydrogen-bond acceptors (Lipinski definition) is 2. The molecule has 1 rings (SSSR count). The summed E-state index contributed by atoms with van der Waals surface area (Å²) in [5.74, 6) is 0.716. The molecule has 15 heavy (non-hydrogen) atoms. The first kappa shape index (κ1) is 12.5. The number of aliphatic imine (C=N–C) groups is 1. The molecule has 0 aromatic carbocycles. The molecular weight excluding hydrogens is 188 g/mol. The number of amidine groups is 1. The summed E-state index contributed by atoms with van der Waals surface area (Å²) >= 11 is 0. The Hall–Kier alpha value is -0.570. The van der Waals surface area contributed by atoms with Crippen molar-refractivity contribution in [2.75, 3.05) is 13.7 Å². The summed E-state index contributed by atoms with van der Waals surface area (Å²) in [7, 11) is 1.76. The summed E-state index contributed by atoms with van der Waals surface area (Å²) in [4.78, 5) is 4.42. The minimum atomic E-state index is -0.258. The van der Waals surface area contributed by atoms with E-state index in [9.17, 15) is 0 Å². The molecule has 0 bridgehead atoms. The topological polar surface area (TPSA) is 47.6 Å². The molecule has 0 heterocycles. The SMILES string of the molecule is CCCN=C(N)C1(OC)CCCCCC1. The van der Waals surface area contributed by atoms with Crippen LogP contribution in [0.5, 0.6) is 0 Å². The first-order valence-electron chi connectivity index (χ1n) is 6.11. The third kappa shape index (κ3) is 3.20. The van der Waals surface area contributed by atoms with Crippen LogP contribution < -0.4 is 5.73 Å². The zero-order valence-corrected chi connectivity index (χ0v) is 10.1. The average molecular weight is 212 g/mol. The highest BCUT2D eigenvalue weighted by Crippen LogP contribution is 2.30. The monoisotopic (exact) mass is 212 g/mol. The van der Waals surface area contributed by atoms with Gasteiger partial charge < -0.3 is 10.5 Å². The molecule has 3 nitrogen and oxygen atoms in total. The molecule has 0 unspecified atom stereocenters. The van der Waals surface area contributed by atoms with Crippen molar-refractivity contribution >= 4 is 5.84 Å². The maximum atomic E-state index is 6.07. The molecule has 1 aliphatic carbocycles. The summed E-state index contributed by atoms with van der Waals surface area (Å²) in [6.07, 6.45) is 8.11. The van der Waals surface area contributed by atoms with E-state index in [-0.39, 0.29) is 5.60 Å². The van der Waals surface area contributed by atoms with Crippen LogP contribution in [0.15, 0.2) is 4.99 Å². The second kappa shape index (κ2) is 6.11. The lowest BCUT2D eigenvalue weighted by Crippen LogP contribution is -2.45. The number of methoxy groups -OCH3 is 1.